The number of piperidine rings is 1. The summed E-state index contributed by atoms with van der Waals surface area (Å²) in [6.45, 7) is 4.95. The Morgan fingerprint density at radius 1 is 0.814 bits per heavy atom. The average molecular weight is 626 g/mol. The molecule has 2 N–H and O–H groups in total. The molecule has 1 aromatic rings. The lowest BCUT2D eigenvalue weighted by Crippen LogP contribution is -2.54. The number of fused-ring (bicyclic) bond motifs is 1. The van der Waals surface area contributed by atoms with Crippen LogP contribution in [0.3, 0.4) is 0 Å². The zero-order chi connectivity index (χ0) is 30.9. The summed E-state index contributed by atoms with van der Waals surface area (Å²) in [6.07, 6.45) is 2.51. The van der Waals surface area contributed by atoms with Gasteiger partial charge in [0.05, 0.1) is 76.3 Å². The van der Waals surface area contributed by atoms with E-state index in [1.165, 1.54) is 6.07 Å². The normalized spacial score (nSPS) is 16.5. The smallest absolute Gasteiger partial charge is 0.264 e. The highest BCUT2D eigenvalue weighted by molar-refractivity contribution is 6.26. The number of hydrogen-bond acceptors (Lipinski definition) is 10. The number of carbonyl (C=O) groups is 5. The van der Waals surface area contributed by atoms with E-state index >= 15 is 0 Å². The van der Waals surface area contributed by atoms with Gasteiger partial charge in [-0.3, -0.25) is 34.2 Å². The third-order valence-corrected chi connectivity index (χ3v) is 6.80. The van der Waals surface area contributed by atoms with E-state index in [4.69, 9.17) is 35.3 Å². The zero-order valence-electron chi connectivity index (χ0n) is 24.2. The van der Waals surface area contributed by atoms with Gasteiger partial charge >= 0.3 is 0 Å². The molecule has 14 heteroatoms. The lowest BCUT2D eigenvalue weighted by molar-refractivity contribution is -0.136. The predicted octanol–water partition coefficient (Wildman–Crippen LogP) is 1.91. The van der Waals surface area contributed by atoms with Gasteiger partial charge in [-0.2, -0.15) is 0 Å². The van der Waals surface area contributed by atoms with Crippen LogP contribution in [0.4, 0.5) is 5.69 Å². The number of rotatable bonds is 22. The number of amides is 5. The maximum absolute atomic E-state index is 13.1. The topological polar surface area (TPSA) is 159 Å². The predicted molar refractivity (Wildman–Crippen MR) is 155 cm³/mol. The second-order valence-corrected chi connectivity index (χ2v) is 10.2. The van der Waals surface area contributed by atoms with Crippen LogP contribution in [-0.2, 0) is 38.1 Å². The minimum Gasteiger partial charge on any atom is -0.379 e. The number of unbranched alkanes of at least 4 members (excludes halogenated alkanes) is 2. The van der Waals surface area contributed by atoms with Crippen molar-refractivity contribution in [3.05, 3.63) is 29.3 Å². The third kappa shape index (κ3) is 11.2. The summed E-state index contributed by atoms with van der Waals surface area (Å²) in [4.78, 5) is 63.2. The van der Waals surface area contributed by atoms with Gasteiger partial charge in [0.25, 0.3) is 11.8 Å². The van der Waals surface area contributed by atoms with E-state index in [1.807, 2.05) is 0 Å². The molecule has 1 fully saturated rings. The molecule has 1 saturated heterocycles. The van der Waals surface area contributed by atoms with Crippen molar-refractivity contribution in [1.29, 1.82) is 0 Å². The van der Waals surface area contributed by atoms with Gasteiger partial charge in [-0.1, -0.05) is 12.5 Å². The fraction of sp³-hybridized carbons (Fsp3) is 0.621. The summed E-state index contributed by atoms with van der Waals surface area (Å²) in [7, 11) is 0. The summed E-state index contributed by atoms with van der Waals surface area (Å²) in [6, 6.07) is 3.54. The second-order valence-electron chi connectivity index (χ2n) is 9.79. The highest BCUT2D eigenvalue weighted by Crippen LogP contribution is 2.32. The molecule has 1 aromatic carbocycles. The van der Waals surface area contributed by atoms with Gasteiger partial charge in [-0.05, 0) is 31.4 Å². The molecule has 3 rings (SSSR count). The number of benzene rings is 1. The second kappa shape index (κ2) is 19.4. The van der Waals surface area contributed by atoms with Crippen molar-refractivity contribution in [1.82, 2.24) is 10.2 Å². The molecule has 0 aliphatic carbocycles. The van der Waals surface area contributed by atoms with Crippen LogP contribution in [0.5, 0.6) is 0 Å². The molecule has 2 aliphatic heterocycles. The highest BCUT2D eigenvalue weighted by atomic mass is 35.5. The van der Waals surface area contributed by atoms with Crippen molar-refractivity contribution in [2.75, 3.05) is 77.3 Å². The van der Waals surface area contributed by atoms with Crippen LogP contribution in [-0.4, -0.2) is 112 Å². The fourth-order valence-corrected chi connectivity index (χ4v) is 4.64. The number of anilines is 1. The number of alkyl halides is 1. The van der Waals surface area contributed by atoms with Crippen LogP contribution >= 0.6 is 11.6 Å². The molecule has 2 heterocycles. The molecule has 0 bridgehead atoms. The van der Waals surface area contributed by atoms with Crippen molar-refractivity contribution < 1.29 is 47.7 Å². The van der Waals surface area contributed by atoms with Crippen molar-refractivity contribution in [2.45, 2.75) is 44.6 Å². The molecular weight excluding hydrogens is 586 g/mol. The first-order valence-corrected chi connectivity index (χ1v) is 15.1. The van der Waals surface area contributed by atoms with Crippen LogP contribution in [0.2, 0.25) is 0 Å². The third-order valence-electron chi connectivity index (χ3n) is 6.64. The van der Waals surface area contributed by atoms with Gasteiger partial charge in [0, 0.05) is 25.3 Å². The van der Waals surface area contributed by atoms with Crippen LogP contribution in [0, 0.1) is 0 Å². The van der Waals surface area contributed by atoms with E-state index in [0.29, 0.717) is 78.4 Å². The Hall–Kier alpha value is -2.94. The summed E-state index contributed by atoms with van der Waals surface area (Å²) < 4.78 is 27.0. The number of nitrogens with one attached hydrogen (secondary N) is 2. The molecular formula is C29H40ClN3O10. The first kappa shape index (κ1) is 34.5. The Morgan fingerprint density at radius 2 is 1.42 bits per heavy atom. The lowest BCUT2D eigenvalue weighted by Gasteiger charge is -2.27. The molecule has 43 heavy (non-hydrogen) atoms. The number of nitrogens with zero attached hydrogens (tertiary/aromatic N) is 1. The van der Waals surface area contributed by atoms with E-state index in [1.54, 1.807) is 12.1 Å². The number of ether oxygens (including phenoxy) is 5. The minimum absolute atomic E-state index is 0.0342. The Morgan fingerprint density at radius 3 is 2.02 bits per heavy atom. The van der Waals surface area contributed by atoms with E-state index < -0.39 is 29.7 Å². The summed E-state index contributed by atoms with van der Waals surface area (Å²) in [5, 5.41) is 4.89. The van der Waals surface area contributed by atoms with E-state index in [9.17, 15) is 24.0 Å². The quantitative estimate of drug-likeness (QED) is 0.111. The van der Waals surface area contributed by atoms with Gasteiger partial charge < -0.3 is 29.0 Å². The molecule has 0 aromatic heterocycles. The fourth-order valence-electron chi connectivity index (χ4n) is 4.53. The molecule has 0 spiro atoms. The van der Waals surface area contributed by atoms with Crippen LogP contribution < -0.4 is 10.6 Å². The molecule has 0 saturated carbocycles. The van der Waals surface area contributed by atoms with Crippen molar-refractivity contribution in [2.24, 2.45) is 0 Å². The molecule has 238 valence electrons. The van der Waals surface area contributed by atoms with E-state index in [0.717, 1.165) is 17.7 Å². The standard InChI is InChI=1S/C29H40ClN3O10/c30-10-12-40-14-16-42-18-20-43-19-17-41-15-13-39-11-3-1-2-7-24(34)31-22-6-4-5-21-26(22)29(38)33(28(21)37)23-8-9-25(35)32-27(23)36/h4-6,23H,1-3,7-20H2,(H,31,34)(H,32,35,36). The summed E-state index contributed by atoms with van der Waals surface area (Å²) in [5.74, 6) is -2.22. The first-order chi connectivity index (χ1) is 20.9. The number of halogens is 1. The van der Waals surface area contributed by atoms with Crippen molar-refractivity contribution >= 4 is 46.8 Å². The molecule has 5 amide bonds. The summed E-state index contributed by atoms with van der Waals surface area (Å²) in [5.41, 5.74) is 0.398. The first-order valence-electron chi connectivity index (χ1n) is 14.5. The number of carbonyl (C=O) groups excluding carboxylic acids is 5. The SMILES string of the molecule is O=C1CCC(N2C(=O)c3cccc(NC(=O)CCCCCOCCOCCOCCOCCOCCCl)c3C2=O)C(=O)N1. The van der Waals surface area contributed by atoms with Crippen molar-refractivity contribution in [3.8, 4) is 0 Å². The molecule has 13 nitrogen and oxygen atoms in total. The Labute approximate surface area is 255 Å². The van der Waals surface area contributed by atoms with E-state index in [2.05, 4.69) is 10.6 Å². The van der Waals surface area contributed by atoms with Gasteiger partial charge in [-0.15, -0.1) is 11.6 Å². The molecule has 1 atom stereocenters. The van der Waals surface area contributed by atoms with Crippen LogP contribution in [0.15, 0.2) is 18.2 Å². The largest absolute Gasteiger partial charge is 0.379 e. The van der Waals surface area contributed by atoms with Crippen LogP contribution in [0.25, 0.3) is 0 Å². The van der Waals surface area contributed by atoms with Crippen LogP contribution in [0.1, 0.15) is 59.2 Å². The molecule has 1 unspecified atom stereocenters. The highest BCUT2D eigenvalue weighted by Gasteiger charge is 2.45. The average Bonchev–Trinajstić information content (AvgIpc) is 3.24. The summed E-state index contributed by atoms with van der Waals surface area (Å²) >= 11 is 5.50. The van der Waals surface area contributed by atoms with Gasteiger partial charge in [0.2, 0.25) is 17.7 Å². The number of hydrogen-bond donors (Lipinski definition) is 2. The van der Waals surface area contributed by atoms with E-state index in [-0.39, 0.29) is 42.0 Å². The molecule has 0 radical (unpaired) electrons. The monoisotopic (exact) mass is 625 g/mol. The van der Waals surface area contributed by atoms with Gasteiger partial charge in [0.1, 0.15) is 6.04 Å². The Kier molecular flexibility index (Phi) is 15.6. The van der Waals surface area contributed by atoms with Gasteiger partial charge in [-0.25, -0.2) is 0 Å². The van der Waals surface area contributed by atoms with Gasteiger partial charge in [0.15, 0.2) is 0 Å². The maximum Gasteiger partial charge on any atom is 0.264 e. The Balaban J connectivity index is 1.22. The Bertz CT molecular complexity index is 1100. The molecule has 2 aliphatic rings. The maximum atomic E-state index is 13.1. The zero-order valence-corrected chi connectivity index (χ0v) is 25.0. The number of imide groups is 2. The minimum atomic E-state index is -1.06. The van der Waals surface area contributed by atoms with Crippen molar-refractivity contribution in [3.63, 3.8) is 0 Å². The lowest BCUT2D eigenvalue weighted by atomic mass is 10.0.